The summed E-state index contributed by atoms with van der Waals surface area (Å²) in [5, 5.41) is 2.84. The Morgan fingerprint density at radius 3 is 2.57 bits per heavy atom. The molecule has 0 radical (unpaired) electrons. The summed E-state index contributed by atoms with van der Waals surface area (Å²) in [6, 6.07) is 9.00. The predicted molar refractivity (Wildman–Crippen MR) is 84.7 cm³/mol. The SMILES string of the molecule is COc1ccc(CC(=O)NC[C@@H](OC)c2ccco2)cc1OC. The molecule has 1 atom stereocenters. The fraction of sp³-hybridized carbons (Fsp3) is 0.353. The van der Waals surface area contributed by atoms with Gasteiger partial charge < -0.3 is 23.9 Å². The number of amides is 1. The first-order valence-corrected chi connectivity index (χ1v) is 7.21. The maximum atomic E-state index is 12.1. The molecule has 0 aliphatic heterocycles. The van der Waals surface area contributed by atoms with Crippen LogP contribution in [0.1, 0.15) is 17.4 Å². The van der Waals surface area contributed by atoms with E-state index < -0.39 is 0 Å². The van der Waals surface area contributed by atoms with Gasteiger partial charge in [-0.15, -0.1) is 0 Å². The van der Waals surface area contributed by atoms with E-state index in [-0.39, 0.29) is 18.4 Å². The van der Waals surface area contributed by atoms with Crippen LogP contribution in [0.3, 0.4) is 0 Å². The summed E-state index contributed by atoms with van der Waals surface area (Å²) in [5.41, 5.74) is 0.840. The van der Waals surface area contributed by atoms with E-state index in [1.54, 1.807) is 45.8 Å². The number of furan rings is 1. The minimum atomic E-state index is -0.306. The van der Waals surface area contributed by atoms with Crippen LogP contribution in [0, 0.1) is 0 Å². The number of hydrogen-bond acceptors (Lipinski definition) is 5. The van der Waals surface area contributed by atoms with Gasteiger partial charge >= 0.3 is 0 Å². The molecule has 1 aromatic heterocycles. The zero-order chi connectivity index (χ0) is 16.7. The predicted octanol–water partition coefficient (Wildman–Crippen LogP) is 2.34. The third-order valence-electron chi connectivity index (χ3n) is 3.44. The molecule has 1 aromatic carbocycles. The molecule has 0 unspecified atom stereocenters. The molecule has 2 rings (SSSR count). The molecule has 2 aromatic rings. The molecule has 0 spiro atoms. The number of nitrogens with one attached hydrogen (secondary N) is 1. The van der Waals surface area contributed by atoms with E-state index in [9.17, 15) is 4.79 Å². The van der Waals surface area contributed by atoms with Crippen LogP contribution >= 0.6 is 0 Å². The van der Waals surface area contributed by atoms with Crippen molar-refractivity contribution in [2.75, 3.05) is 27.9 Å². The summed E-state index contributed by atoms with van der Waals surface area (Å²) >= 11 is 0. The highest BCUT2D eigenvalue weighted by atomic mass is 16.5. The minimum absolute atomic E-state index is 0.106. The van der Waals surface area contributed by atoms with Crippen molar-refractivity contribution in [3.8, 4) is 11.5 Å². The van der Waals surface area contributed by atoms with Crippen molar-refractivity contribution in [3.05, 3.63) is 47.9 Å². The van der Waals surface area contributed by atoms with Gasteiger partial charge in [-0.1, -0.05) is 6.07 Å². The second-order valence-electron chi connectivity index (χ2n) is 4.91. The summed E-state index contributed by atoms with van der Waals surface area (Å²) in [5.74, 6) is 1.81. The fourth-order valence-electron chi connectivity index (χ4n) is 2.22. The maximum Gasteiger partial charge on any atom is 0.224 e. The molecule has 23 heavy (non-hydrogen) atoms. The number of carbonyl (C=O) groups is 1. The Morgan fingerprint density at radius 1 is 1.17 bits per heavy atom. The summed E-state index contributed by atoms with van der Waals surface area (Å²) in [6.07, 6.45) is 1.52. The third kappa shape index (κ3) is 4.50. The van der Waals surface area contributed by atoms with E-state index in [0.717, 1.165) is 5.56 Å². The number of methoxy groups -OCH3 is 3. The quantitative estimate of drug-likeness (QED) is 0.809. The molecule has 0 aliphatic rings. The first-order valence-electron chi connectivity index (χ1n) is 7.21. The molecule has 1 N–H and O–H groups in total. The Labute approximate surface area is 135 Å². The summed E-state index contributed by atoms with van der Waals surface area (Å²) in [6.45, 7) is 0.343. The first kappa shape index (κ1) is 16.9. The highest BCUT2D eigenvalue weighted by Crippen LogP contribution is 2.27. The molecule has 0 bridgehead atoms. The Hall–Kier alpha value is -2.47. The van der Waals surface area contributed by atoms with Crippen LogP contribution in [0.5, 0.6) is 11.5 Å². The Morgan fingerprint density at radius 2 is 1.96 bits per heavy atom. The van der Waals surface area contributed by atoms with Crippen LogP contribution in [0.2, 0.25) is 0 Å². The van der Waals surface area contributed by atoms with E-state index in [1.807, 2.05) is 12.1 Å². The molecule has 6 heteroatoms. The van der Waals surface area contributed by atoms with Gasteiger partial charge in [-0.3, -0.25) is 4.79 Å². The van der Waals surface area contributed by atoms with Crippen LogP contribution in [0.4, 0.5) is 0 Å². The highest BCUT2D eigenvalue weighted by molar-refractivity contribution is 5.78. The lowest BCUT2D eigenvalue weighted by atomic mass is 10.1. The van der Waals surface area contributed by atoms with Crippen LogP contribution in [0.25, 0.3) is 0 Å². The zero-order valence-electron chi connectivity index (χ0n) is 13.5. The molecule has 0 saturated heterocycles. The minimum Gasteiger partial charge on any atom is -0.493 e. The number of carbonyl (C=O) groups excluding carboxylic acids is 1. The van der Waals surface area contributed by atoms with Crippen molar-refractivity contribution >= 4 is 5.91 Å². The van der Waals surface area contributed by atoms with E-state index in [4.69, 9.17) is 18.6 Å². The van der Waals surface area contributed by atoms with Crippen molar-refractivity contribution in [1.82, 2.24) is 5.32 Å². The molecular weight excluding hydrogens is 298 g/mol. The zero-order valence-corrected chi connectivity index (χ0v) is 13.5. The monoisotopic (exact) mass is 319 g/mol. The summed E-state index contributed by atoms with van der Waals surface area (Å²) in [4.78, 5) is 12.1. The van der Waals surface area contributed by atoms with Crippen LogP contribution in [-0.2, 0) is 16.0 Å². The first-order chi connectivity index (χ1) is 11.2. The second-order valence-corrected chi connectivity index (χ2v) is 4.91. The van der Waals surface area contributed by atoms with Crippen molar-refractivity contribution < 1.29 is 23.4 Å². The molecule has 0 fully saturated rings. The number of rotatable bonds is 8. The lowest BCUT2D eigenvalue weighted by Crippen LogP contribution is -2.30. The number of hydrogen-bond donors (Lipinski definition) is 1. The van der Waals surface area contributed by atoms with Gasteiger partial charge in [0, 0.05) is 7.11 Å². The van der Waals surface area contributed by atoms with E-state index in [1.165, 1.54) is 0 Å². The maximum absolute atomic E-state index is 12.1. The van der Waals surface area contributed by atoms with Gasteiger partial charge in [-0.05, 0) is 29.8 Å². The third-order valence-corrected chi connectivity index (χ3v) is 3.44. The van der Waals surface area contributed by atoms with Crippen LogP contribution < -0.4 is 14.8 Å². The Bertz CT molecular complexity index is 624. The molecule has 6 nitrogen and oxygen atoms in total. The smallest absolute Gasteiger partial charge is 0.224 e. The fourth-order valence-corrected chi connectivity index (χ4v) is 2.22. The molecule has 124 valence electrons. The summed E-state index contributed by atoms with van der Waals surface area (Å²) < 4.78 is 21.0. The lowest BCUT2D eigenvalue weighted by molar-refractivity contribution is -0.121. The van der Waals surface area contributed by atoms with Crippen LogP contribution in [-0.4, -0.2) is 33.8 Å². The summed E-state index contributed by atoms with van der Waals surface area (Å²) in [7, 11) is 4.71. The standard InChI is InChI=1S/C17H21NO5/c1-20-13-7-6-12(9-15(13)21-2)10-17(19)18-11-16(22-3)14-5-4-8-23-14/h4-9,16H,10-11H2,1-3H3,(H,18,19)/t16-/m1/s1. The topological polar surface area (TPSA) is 69.9 Å². The average Bonchev–Trinajstić information content (AvgIpc) is 3.09. The van der Waals surface area contributed by atoms with Gasteiger partial charge in [0.1, 0.15) is 11.9 Å². The van der Waals surface area contributed by atoms with E-state index in [0.29, 0.717) is 23.8 Å². The normalized spacial score (nSPS) is 11.8. The number of ether oxygens (including phenoxy) is 3. The van der Waals surface area contributed by atoms with Crippen molar-refractivity contribution in [2.24, 2.45) is 0 Å². The molecule has 1 heterocycles. The van der Waals surface area contributed by atoms with Gasteiger partial charge in [-0.25, -0.2) is 0 Å². The van der Waals surface area contributed by atoms with Crippen molar-refractivity contribution in [1.29, 1.82) is 0 Å². The van der Waals surface area contributed by atoms with Crippen molar-refractivity contribution in [2.45, 2.75) is 12.5 Å². The molecule has 1 amide bonds. The van der Waals surface area contributed by atoms with E-state index >= 15 is 0 Å². The molecule has 0 aliphatic carbocycles. The van der Waals surface area contributed by atoms with Gasteiger partial charge in [-0.2, -0.15) is 0 Å². The van der Waals surface area contributed by atoms with Gasteiger partial charge in [0.2, 0.25) is 5.91 Å². The Kier molecular flexibility index (Phi) is 6.05. The average molecular weight is 319 g/mol. The lowest BCUT2D eigenvalue weighted by Gasteiger charge is -2.14. The highest BCUT2D eigenvalue weighted by Gasteiger charge is 2.15. The van der Waals surface area contributed by atoms with E-state index in [2.05, 4.69) is 5.32 Å². The Balaban J connectivity index is 1.92. The second kappa shape index (κ2) is 8.24. The van der Waals surface area contributed by atoms with Crippen molar-refractivity contribution in [3.63, 3.8) is 0 Å². The molecule has 0 saturated carbocycles. The van der Waals surface area contributed by atoms with Gasteiger partial charge in [0.25, 0.3) is 0 Å². The van der Waals surface area contributed by atoms with Gasteiger partial charge in [0.15, 0.2) is 11.5 Å². The number of benzene rings is 1. The largest absolute Gasteiger partial charge is 0.493 e. The van der Waals surface area contributed by atoms with Crippen LogP contribution in [0.15, 0.2) is 41.0 Å². The van der Waals surface area contributed by atoms with Gasteiger partial charge in [0.05, 0.1) is 33.4 Å². The molecular formula is C17H21NO5.